The van der Waals surface area contributed by atoms with Crippen molar-refractivity contribution < 1.29 is 19.5 Å². The molecule has 1 heterocycles. The van der Waals surface area contributed by atoms with Crippen molar-refractivity contribution in [2.75, 3.05) is 6.54 Å². The van der Waals surface area contributed by atoms with E-state index in [0.29, 0.717) is 19.4 Å². The zero-order valence-electron chi connectivity index (χ0n) is 16.4. The lowest BCUT2D eigenvalue weighted by molar-refractivity contribution is -0.145. The van der Waals surface area contributed by atoms with Crippen molar-refractivity contribution in [2.45, 2.75) is 90.3 Å². The van der Waals surface area contributed by atoms with Crippen molar-refractivity contribution in [1.29, 1.82) is 0 Å². The van der Waals surface area contributed by atoms with Gasteiger partial charge in [-0.2, -0.15) is 0 Å². The van der Waals surface area contributed by atoms with Crippen molar-refractivity contribution in [1.82, 2.24) is 15.5 Å². The molecule has 26 heavy (non-hydrogen) atoms. The van der Waals surface area contributed by atoms with Gasteiger partial charge in [0.1, 0.15) is 11.6 Å². The number of carbonyl (C=O) groups excluding carboxylic acids is 2. The Morgan fingerprint density at radius 3 is 2.19 bits per heavy atom. The maximum atomic E-state index is 13.0. The number of amides is 3. The van der Waals surface area contributed by atoms with Gasteiger partial charge in [0.25, 0.3) is 0 Å². The van der Waals surface area contributed by atoms with E-state index in [9.17, 15) is 19.5 Å². The fourth-order valence-electron chi connectivity index (χ4n) is 4.01. The van der Waals surface area contributed by atoms with Crippen LogP contribution in [0.2, 0.25) is 0 Å². The first-order valence-corrected chi connectivity index (χ1v) is 9.69. The van der Waals surface area contributed by atoms with E-state index in [1.165, 1.54) is 0 Å². The van der Waals surface area contributed by atoms with Gasteiger partial charge in [0.2, 0.25) is 5.91 Å². The van der Waals surface area contributed by atoms with E-state index < -0.39 is 29.0 Å². The number of hydrogen-bond donors (Lipinski definition) is 3. The molecule has 148 valence electrons. The summed E-state index contributed by atoms with van der Waals surface area (Å²) in [5.41, 5.74) is -1.70. The number of carbonyl (C=O) groups is 3. The molecule has 2 rings (SSSR count). The summed E-state index contributed by atoms with van der Waals surface area (Å²) >= 11 is 0. The quantitative estimate of drug-likeness (QED) is 0.711. The minimum absolute atomic E-state index is 0.0920. The van der Waals surface area contributed by atoms with Crippen molar-refractivity contribution in [2.24, 2.45) is 5.41 Å². The van der Waals surface area contributed by atoms with Gasteiger partial charge in [-0.25, -0.2) is 9.59 Å². The van der Waals surface area contributed by atoms with Crippen LogP contribution in [0.1, 0.15) is 72.6 Å². The Morgan fingerprint density at radius 2 is 1.73 bits per heavy atom. The van der Waals surface area contributed by atoms with E-state index in [-0.39, 0.29) is 11.9 Å². The summed E-state index contributed by atoms with van der Waals surface area (Å²) in [7, 11) is 0. The van der Waals surface area contributed by atoms with Crippen LogP contribution in [0.3, 0.4) is 0 Å². The first-order valence-electron chi connectivity index (χ1n) is 9.69. The first kappa shape index (κ1) is 20.5. The fourth-order valence-corrected chi connectivity index (χ4v) is 4.01. The smallest absolute Gasteiger partial charge is 0.329 e. The molecule has 1 aliphatic carbocycles. The molecule has 2 atom stereocenters. The third-order valence-electron chi connectivity index (χ3n) is 5.69. The molecule has 3 N–H and O–H groups in total. The number of urea groups is 1. The number of carboxylic acid groups (broad SMARTS) is 1. The molecule has 1 saturated carbocycles. The standard InChI is InChI=1S/C19H33N3O4/c1-13-9-8-12-22(13)15(23)14(18(2,3)4)20-17(26)21-19(16(24)25)10-6-5-7-11-19/h13-14H,5-12H2,1-4H3,(H,24,25)(H2,20,21,26). The molecule has 0 bridgehead atoms. The maximum Gasteiger partial charge on any atom is 0.329 e. The molecule has 7 heteroatoms. The fraction of sp³-hybridized carbons (Fsp3) is 0.842. The van der Waals surface area contributed by atoms with Crippen molar-refractivity contribution in [3.8, 4) is 0 Å². The Labute approximate surface area is 155 Å². The highest BCUT2D eigenvalue weighted by atomic mass is 16.4. The highest BCUT2D eigenvalue weighted by Crippen LogP contribution is 2.29. The van der Waals surface area contributed by atoms with Crippen LogP contribution in [-0.4, -0.2) is 52.1 Å². The summed E-state index contributed by atoms with van der Waals surface area (Å²) in [6.07, 6.45) is 5.32. The average Bonchev–Trinajstić information content (AvgIpc) is 2.98. The Bertz CT molecular complexity index is 549. The van der Waals surface area contributed by atoms with Crippen LogP contribution in [0.15, 0.2) is 0 Å². The SMILES string of the molecule is CC1CCCN1C(=O)C(NC(=O)NC1(C(=O)O)CCCCC1)C(C)(C)C. The van der Waals surface area contributed by atoms with Gasteiger partial charge in [-0.3, -0.25) is 4.79 Å². The predicted octanol–water partition coefficient (Wildman–Crippen LogP) is 2.50. The Balaban J connectivity index is 2.11. The molecule has 0 aromatic carbocycles. The maximum absolute atomic E-state index is 13.0. The molecule has 3 amide bonds. The summed E-state index contributed by atoms with van der Waals surface area (Å²) in [6.45, 7) is 8.44. The highest BCUT2D eigenvalue weighted by Gasteiger charge is 2.43. The number of likely N-dealkylation sites (tertiary alicyclic amines) is 1. The van der Waals surface area contributed by atoms with Gasteiger partial charge in [-0.05, 0) is 38.0 Å². The minimum atomic E-state index is -1.23. The molecule has 2 unspecified atom stereocenters. The van der Waals surface area contributed by atoms with E-state index >= 15 is 0 Å². The van der Waals surface area contributed by atoms with Crippen molar-refractivity contribution >= 4 is 17.9 Å². The second-order valence-corrected chi connectivity index (χ2v) is 8.87. The van der Waals surface area contributed by atoms with E-state index in [1.807, 2.05) is 32.6 Å². The Kier molecular flexibility index (Phi) is 6.19. The third kappa shape index (κ3) is 4.48. The van der Waals surface area contributed by atoms with E-state index in [1.54, 1.807) is 0 Å². The summed E-state index contributed by atoms with van der Waals surface area (Å²) in [4.78, 5) is 39.2. The van der Waals surface area contributed by atoms with Crippen LogP contribution < -0.4 is 10.6 Å². The molecule has 2 fully saturated rings. The van der Waals surface area contributed by atoms with Crippen molar-refractivity contribution in [3.05, 3.63) is 0 Å². The second-order valence-electron chi connectivity index (χ2n) is 8.87. The molecular weight excluding hydrogens is 334 g/mol. The number of nitrogens with zero attached hydrogens (tertiary/aromatic N) is 1. The summed E-state index contributed by atoms with van der Waals surface area (Å²) in [5, 5.41) is 15.1. The summed E-state index contributed by atoms with van der Waals surface area (Å²) in [6, 6.07) is -1.10. The van der Waals surface area contributed by atoms with E-state index in [4.69, 9.17) is 0 Å². The minimum Gasteiger partial charge on any atom is -0.480 e. The Hall–Kier alpha value is -1.79. The molecular formula is C19H33N3O4. The predicted molar refractivity (Wildman–Crippen MR) is 98.8 cm³/mol. The van der Waals surface area contributed by atoms with E-state index in [0.717, 1.165) is 32.1 Å². The topological polar surface area (TPSA) is 98.7 Å². The molecule has 0 aromatic heterocycles. The lowest BCUT2D eigenvalue weighted by atomic mass is 9.81. The van der Waals surface area contributed by atoms with Gasteiger partial charge in [0, 0.05) is 12.6 Å². The van der Waals surface area contributed by atoms with Gasteiger partial charge in [-0.1, -0.05) is 40.0 Å². The third-order valence-corrected chi connectivity index (χ3v) is 5.69. The second kappa shape index (κ2) is 7.84. The molecule has 2 aliphatic rings. The van der Waals surface area contributed by atoms with Crippen LogP contribution in [0, 0.1) is 5.41 Å². The van der Waals surface area contributed by atoms with Crippen LogP contribution in [0.25, 0.3) is 0 Å². The van der Waals surface area contributed by atoms with Gasteiger partial charge in [-0.15, -0.1) is 0 Å². The number of carboxylic acids is 1. The normalized spacial score (nSPS) is 24.0. The largest absolute Gasteiger partial charge is 0.480 e. The number of nitrogens with one attached hydrogen (secondary N) is 2. The number of rotatable bonds is 4. The monoisotopic (exact) mass is 367 g/mol. The van der Waals surface area contributed by atoms with Gasteiger partial charge in [0.15, 0.2) is 0 Å². The highest BCUT2D eigenvalue weighted by molar-refractivity contribution is 5.91. The Morgan fingerprint density at radius 1 is 1.12 bits per heavy atom. The molecule has 0 radical (unpaired) electrons. The first-order chi connectivity index (χ1) is 12.1. The van der Waals surface area contributed by atoms with Crippen LogP contribution in [-0.2, 0) is 9.59 Å². The van der Waals surface area contributed by atoms with Gasteiger partial charge < -0.3 is 20.6 Å². The molecule has 1 aliphatic heterocycles. The number of aliphatic carboxylic acids is 1. The van der Waals surface area contributed by atoms with Crippen molar-refractivity contribution in [3.63, 3.8) is 0 Å². The zero-order chi connectivity index (χ0) is 19.5. The molecule has 1 saturated heterocycles. The zero-order valence-corrected chi connectivity index (χ0v) is 16.4. The van der Waals surface area contributed by atoms with Crippen LogP contribution >= 0.6 is 0 Å². The molecule has 0 spiro atoms. The van der Waals surface area contributed by atoms with E-state index in [2.05, 4.69) is 10.6 Å². The van der Waals surface area contributed by atoms with Crippen LogP contribution in [0.4, 0.5) is 4.79 Å². The molecule has 7 nitrogen and oxygen atoms in total. The lowest BCUT2D eigenvalue weighted by Gasteiger charge is -2.37. The summed E-state index contributed by atoms with van der Waals surface area (Å²) < 4.78 is 0. The summed E-state index contributed by atoms with van der Waals surface area (Å²) in [5.74, 6) is -1.09. The van der Waals surface area contributed by atoms with Gasteiger partial charge in [0.05, 0.1) is 0 Å². The molecule has 0 aromatic rings. The number of hydrogen-bond acceptors (Lipinski definition) is 3. The average molecular weight is 367 g/mol. The lowest BCUT2D eigenvalue weighted by Crippen LogP contribution is -2.62. The van der Waals surface area contributed by atoms with Gasteiger partial charge >= 0.3 is 12.0 Å². The van der Waals surface area contributed by atoms with Crippen LogP contribution in [0.5, 0.6) is 0 Å².